The number of fused-ring (bicyclic) bond motifs is 2. The van der Waals surface area contributed by atoms with Gasteiger partial charge in [0.1, 0.15) is 0 Å². The van der Waals surface area contributed by atoms with Gasteiger partial charge in [0.15, 0.2) is 0 Å². The number of hydrogen-bond acceptors (Lipinski definition) is 5. The van der Waals surface area contributed by atoms with Gasteiger partial charge < -0.3 is 9.47 Å². The molecule has 2 bridgehead atoms. The van der Waals surface area contributed by atoms with Crippen molar-refractivity contribution in [3.05, 3.63) is 0 Å². The maximum absolute atomic E-state index is 11.1. The van der Waals surface area contributed by atoms with E-state index < -0.39 is 0 Å². The highest BCUT2D eigenvalue weighted by molar-refractivity contribution is 7.99. The molecule has 2 aliphatic heterocycles. The van der Waals surface area contributed by atoms with Crippen molar-refractivity contribution < 1.29 is 19.5 Å². The van der Waals surface area contributed by atoms with Crippen molar-refractivity contribution >= 4 is 17.7 Å². The Kier molecular flexibility index (Phi) is 11.1. The number of thioether (sulfide) groups is 1. The molecule has 1 amide bonds. The maximum Gasteiger partial charge on any atom is 0.243 e. The lowest BCUT2D eigenvalue weighted by atomic mass is 9.76. The minimum Gasteiger partial charge on any atom is -0.378 e. The Morgan fingerprint density at radius 3 is 2.63 bits per heavy atom. The van der Waals surface area contributed by atoms with Gasteiger partial charge in [-0.3, -0.25) is 10.0 Å². The molecule has 0 aromatic heterocycles. The first-order valence-electron chi connectivity index (χ1n) is 10.9. The molecule has 0 saturated carbocycles. The van der Waals surface area contributed by atoms with Crippen molar-refractivity contribution in [3.8, 4) is 0 Å². The monoisotopic (exact) mass is 401 g/mol. The molecule has 0 aromatic carbocycles. The number of nitrogens with one attached hydrogen (secondary N) is 1. The van der Waals surface area contributed by atoms with E-state index in [1.165, 1.54) is 56.5 Å². The first-order valence-corrected chi connectivity index (χ1v) is 12.1. The summed E-state index contributed by atoms with van der Waals surface area (Å²) in [6.45, 7) is 4.99. The molecule has 158 valence electrons. The van der Waals surface area contributed by atoms with Crippen LogP contribution in [-0.2, 0) is 14.3 Å². The number of hydrogen-bond donors (Lipinski definition) is 2. The fraction of sp³-hybridized carbons (Fsp3) is 0.952. The molecule has 27 heavy (non-hydrogen) atoms. The minimum absolute atomic E-state index is 0.0407. The summed E-state index contributed by atoms with van der Waals surface area (Å²) in [5.41, 5.74) is 1.67. The Labute approximate surface area is 169 Å². The summed E-state index contributed by atoms with van der Waals surface area (Å²) in [5.74, 6) is 3.55. The van der Waals surface area contributed by atoms with Crippen LogP contribution in [0.15, 0.2) is 0 Å². The zero-order chi connectivity index (χ0) is 19.5. The zero-order valence-corrected chi connectivity index (χ0v) is 18.0. The molecule has 5 unspecified atom stereocenters. The summed E-state index contributed by atoms with van der Waals surface area (Å²) in [6.07, 6.45) is 12.1. The topological polar surface area (TPSA) is 67.8 Å². The second kappa shape index (κ2) is 13.0. The van der Waals surface area contributed by atoms with E-state index in [9.17, 15) is 4.79 Å². The molecule has 0 spiro atoms. The van der Waals surface area contributed by atoms with Crippen LogP contribution in [0.4, 0.5) is 0 Å². The van der Waals surface area contributed by atoms with Crippen LogP contribution < -0.4 is 5.48 Å². The van der Waals surface area contributed by atoms with Gasteiger partial charge in [-0.25, -0.2) is 5.48 Å². The molecule has 5 atom stereocenters. The van der Waals surface area contributed by atoms with Crippen LogP contribution in [0.1, 0.15) is 78.1 Å². The van der Waals surface area contributed by atoms with Crippen LogP contribution in [0.2, 0.25) is 0 Å². The molecule has 2 fully saturated rings. The third-order valence-corrected chi connectivity index (χ3v) is 7.19. The summed E-state index contributed by atoms with van der Waals surface area (Å²) < 4.78 is 12.1. The molecule has 2 saturated heterocycles. The summed E-state index contributed by atoms with van der Waals surface area (Å²) in [5, 5.41) is 8.54. The predicted molar refractivity (Wildman–Crippen MR) is 110 cm³/mol. The molecule has 0 radical (unpaired) electrons. The van der Waals surface area contributed by atoms with E-state index in [-0.39, 0.29) is 12.0 Å². The van der Waals surface area contributed by atoms with Gasteiger partial charge in [0, 0.05) is 13.0 Å². The van der Waals surface area contributed by atoms with E-state index in [0.29, 0.717) is 36.9 Å². The fourth-order valence-corrected chi connectivity index (χ4v) is 5.55. The van der Waals surface area contributed by atoms with E-state index >= 15 is 0 Å². The Morgan fingerprint density at radius 2 is 1.93 bits per heavy atom. The second-order valence-electron chi connectivity index (χ2n) is 8.12. The normalized spacial score (nSPS) is 27.8. The lowest BCUT2D eigenvalue weighted by molar-refractivity contribution is -0.129. The Balaban J connectivity index is 1.61. The standard InChI is InChI=1S/C21H39NO4S/c1-3-4-5-6-14-27-15-12-18-17(19-8-9-20(18)26-19)11-13-25-16(2)7-10-21(23)22-24/h16-20,24H,3-15H2,1-2H3,(H,22,23). The molecule has 6 heteroatoms. The van der Waals surface area contributed by atoms with Crippen LogP contribution in [0, 0.1) is 11.8 Å². The molecular formula is C21H39NO4S. The van der Waals surface area contributed by atoms with Crippen LogP contribution in [0.5, 0.6) is 0 Å². The number of unbranched alkanes of at least 4 members (excludes halogenated alkanes) is 3. The van der Waals surface area contributed by atoms with E-state index in [1.54, 1.807) is 5.48 Å². The molecule has 2 heterocycles. The molecule has 5 nitrogen and oxygen atoms in total. The fourth-order valence-electron chi connectivity index (χ4n) is 4.50. The number of carbonyl (C=O) groups excluding carboxylic acids is 1. The average molecular weight is 402 g/mol. The van der Waals surface area contributed by atoms with Crippen LogP contribution in [0.25, 0.3) is 0 Å². The van der Waals surface area contributed by atoms with Gasteiger partial charge in [-0.05, 0) is 68.8 Å². The van der Waals surface area contributed by atoms with E-state index in [2.05, 4.69) is 18.7 Å². The molecule has 2 N–H and O–H groups in total. The molecule has 0 aliphatic carbocycles. The average Bonchev–Trinajstić information content (AvgIpc) is 3.27. The van der Waals surface area contributed by atoms with Gasteiger partial charge in [-0.1, -0.05) is 26.2 Å². The van der Waals surface area contributed by atoms with Gasteiger partial charge >= 0.3 is 0 Å². The Morgan fingerprint density at radius 1 is 1.19 bits per heavy atom. The van der Waals surface area contributed by atoms with E-state index in [0.717, 1.165) is 13.0 Å². The smallest absolute Gasteiger partial charge is 0.243 e. The number of rotatable bonds is 15. The van der Waals surface area contributed by atoms with Gasteiger partial charge in [0.25, 0.3) is 0 Å². The Hall–Kier alpha value is -0.300. The van der Waals surface area contributed by atoms with Crippen molar-refractivity contribution in [3.63, 3.8) is 0 Å². The predicted octanol–water partition coefficient (Wildman–Crippen LogP) is 4.56. The van der Waals surface area contributed by atoms with Gasteiger partial charge in [0.05, 0.1) is 18.3 Å². The van der Waals surface area contributed by atoms with Crippen molar-refractivity contribution in [2.24, 2.45) is 11.8 Å². The van der Waals surface area contributed by atoms with Crippen molar-refractivity contribution in [1.82, 2.24) is 5.48 Å². The lowest BCUT2D eigenvalue weighted by Gasteiger charge is -2.28. The zero-order valence-electron chi connectivity index (χ0n) is 17.2. The lowest BCUT2D eigenvalue weighted by Crippen LogP contribution is -2.29. The van der Waals surface area contributed by atoms with Gasteiger partial charge in [-0.15, -0.1) is 0 Å². The summed E-state index contributed by atoms with van der Waals surface area (Å²) in [4.78, 5) is 11.1. The van der Waals surface area contributed by atoms with Crippen molar-refractivity contribution in [2.75, 3.05) is 18.1 Å². The largest absolute Gasteiger partial charge is 0.378 e. The Bertz CT molecular complexity index is 423. The summed E-state index contributed by atoms with van der Waals surface area (Å²) in [7, 11) is 0. The van der Waals surface area contributed by atoms with Crippen LogP contribution >= 0.6 is 11.8 Å². The third kappa shape index (κ3) is 7.92. The first kappa shape index (κ1) is 23.0. The second-order valence-corrected chi connectivity index (χ2v) is 9.35. The SMILES string of the molecule is CCCCCCSCCC1C2CCC(O2)C1CCOC(C)CCC(=O)NO. The first-order chi connectivity index (χ1) is 13.2. The maximum atomic E-state index is 11.1. The van der Waals surface area contributed by atoms with Crippen LogP contribution in [-0.4, -0.2) is 47.5 Å². The number of ether oxygens (including phenoxy) is 2. The summed E-state index contributed by atoms with van der Waals surface area (Å²) in [6, 6.07) is 0. The van der Waals surface area contributed by atoms with E-state index in [1.807, 2.05) is 6.92 Å². The highest BCUT2D eigenvalue weighted by Gasteiger charge is 2.47. The van der Waals surface area contributed by atoms with Gasteiger partial charge in [-0.2, -0.15) is 11.8 Å². The quantitative estimate of drug-likeness (QED) is 0.239. The van der Waals surface area contributed by atoms with Crippen LogP contribution in [0.3, 0.4) is 0 Å². The number of hydroxylamine groups is 1. The molecule has 2 aliphatic rings. The van der Waals surface area contributed by atoms with E-state index in [4.69, 9.17) is 14.7 Å². The minimum atomic E-state index is -0.348. The third-order valence-electron chi connectivity index (χ3n) is 6.08. The van der Waals surface area contributed by atoms with Gasteiger partial charge in [0.2, 0.25) is 5.91 Å². The van der Waals surface area contributed by atoms with Crippen molar-refractivity contribution in [1.29, 1.82) is 0 Å². The molecule has 2 rings (SSSR count). The highest BCUT2D eigenvalue weighted by atomic mass is 32.2. The summed E-state index contributed by atoms with van der Waals surface area (Å²) >= 11 is 2.11. The molecule has 0 aromatic rings. The molecular weight excluding hydrogens is 362 g/mol. The number of carbonyl (C=O) groups is 1. The van der Waals surface area contributed by atoms with Crippen molar-refractivity contribution in [2.45, 2.75) is 96.4 Å². The highest BCUT2D eigenvalue weighted by Crippen LogP contribution is 2.46. The number of amides is 1.